The Morgan fingerprint density at radius 1 is 1.06 bits per heavy atom. The number of rotatable bonds is 15. The third-order valence-electron chi connectivity index (χ3n) is 3.98. The van der Waals surface area contributed by atoms with Crippen LogP contribution in [0, 0.1) is 17.8 Å². The fourth-order valence-corrected chi connectivity index (χ4v) is 4.88. The number of amides is 2. The van der Waals surface area contributed by atoms with Gasteiger partial charge in [-0.15, -0.1) is 5.92 Å². The van der Waals surface area contributed by atoms with Crippen molar-refractivity contribution < 1.29 is 19.1 Å². The summed E-state index contributed by atoms with van der Waals surface area (Å²) in [6.07, 6.45) is 0.775. The minimum Gasteiger partial charge on any atom is -0.369 e. The Bertz CT molecular complexity index is 733. The second-order valence-corrected chi connectivity index (χ2v) is 9.46. The van der Waals surface area contributed by atoms with Crippen LogP contribution in [0.25, 0.3) is 0 Å². The number of ether oxygens (including phenoxy) is 2. The zero-order chi connectivity index (χ0) is 23.6. The van der Waals surface area contributed by atoms with Gasteiger partial charge in [-0.3, -0.25) is 9.59 Å². The van der Waals surface area contributed by atoms with Crippen molar-refractivity contribution in [2.45, 2.75) is 37.5 Å². The highest BCUT2D eigenvalue weighted by Crippen LogP contribution is 2.37. The molecule has 0 saturated carbocycles. The van der Waals surface area contributed by atoms with Crippen LogP contribution in [0.2, 0.25) is 0 Å². The first kappa shape index (κ1) is 28.3. The maximum Gasteiger partial charge on any atom is 0.251 e. The van der Waals surface area contributed by atoms with E-state index in [0.717, 1.165) is 17.9 Å². The van der Waals surface area contributed by atoms with Crippen LogP contribution < -0.4 is 16.0 Å². The third kappa shape index (κ3) is 13.0. The normalized spacial score (nSPS) is 11.5. The first-order valence-corrected chi connectivity index (χ1v) is 13.0. The number of hydrogen-bond acceptors (Lipinski definition) is 7. The highest BCUT2D eigenvalue weighted by Gasteiger charge is 2.16. The highest BCUT2D eigenvalue weighted by molar-refractivity contribution is 8.76. The second-order valence-electron chi connectivity index (χ2n) is 7.08. The molecular weight excluding hydrogens is 446 g/mol. The van der Waals surface area contributed by atoms with Crippen LogP contribution in [0.5, 0.6) is 0 Å². The van der Waals surface area contributed by atoms with Gasteiger partial charge in [-0.25, -0.2) is 0 Å². The van der Waals surface area contributed by atoms with Crippen LogP contribution in [0.3, 0.4) is 0 Å². The van der Waals surface area contributed by atoms with Crippen molar-refractivity contribution in [1.29, 1.82) is 0 Å². The minimum atomic E-state index is -0.181. The summed E-state index contributed by atoms with van der Waals surface area (Å²) >= 11 is 0. The molecule has 0 bridgehead atoms. The van der Waals surface area contributed by atoms with Crippen molar-refractivity contribution in [3.8, 4) is 11.8 Å². The lowest BCUT2D eigenvalue weighted by Gasteiger charge is -2.20. The van der Waals surface area contributed by atoms with Gasteiger partial charge in [-0.05, 0) is 37.2 Å². The molecule has 0 heterocycles. The fraction of sp³-hybridized carbons (Fsp3) is 0.565. The van der Waals surface area contributed by atoms with Gasteiger partial charge in [0.15, 0.2) is 0 Å². The van der Waals surface area contributed by atoms with Crippen LogP contribution in [0.1, 0.15) is 37.6 Å². The number of carbonyl (C=O) groups is 2. The van der Waals surface area contributed by atoms with Gasteiger partial charge in [0.2, 0.25) is 5.91 Å². The van der Waals surface area contributed by atoms with E-state index in [1.807, 2.05) is 38.2 Å². The van der Waals surface area contributed by atoms with Crippen LogP contribution >= 0.6 is 21.6 Å². The fourth-order valence-electron chi connectivity index (χ4n) is 2.27. The Hall–Kier alpha value is -1.70. The molecule has 3 N–H and O–H groups in total. The van der Waals surface area contributed by atoms with E-state index in [4.69, 9.17) is 9.47 Å². The van der Waals surface area contributed by atoms with E-state index in [0.29, 0.717) is 37.8 Å². The smallest absolute Gasteiger partial charge is 0.251 e. The molecule has 1 unspecified atom stereocenters. The SMILES string of the molecule is CCC#CCNC(=O)COCCOC(SSc1ccc(C(=O)NCCNC)cc1)C(C)C. The first-order chi connectivity index (χ1) is 15.5. The summed E-state index contributed by atoms with van der Waals surface area (Å²) in [6.45, 7) is 8.59. The monoisotopic (exact) mass is 481 g/mol. The summed E-state index contributed by atoms with van der Waals surface area (Å²) in [5.41, 5.74) is 0.622. The van der Waals surface area contributed by atoms with Gasteiger partial charge in [0.1, 0.15) is 12.0 Å². The zero-order valence-electron chi connectivity index (χ0n) is 19.4. The maximum absolute atomic E-state index is 12.1. The Balaban J connectivity index is 2.30. The van der Waals surface area contributed by atoms with Crippen molar-refractivity contribution in [3.05, 3.63) is 29.8 Å². The van der Waals surface area contributed by atoms with Crippen LogP contribution in [0.15, 0.2) is 29.2 Å². The molecule has 32 heavy (non-hydrogen) atoms. The lowest BCUT2D eigenvalue weighted by molar-refractivity contribution is -0.126. The molecule has 2 amide bonds. The quantitative estimate of drug-likeness (QED) is 0.154. The molecule has 0 saturated heterocycles. The molecule has 178 valence electrons. The molecule has 0 aliphatic carbocycles. The minimum absolute atomic E-state index is 0.000283. The van der Waals surface area contributed by atoms with E-state index < -0.39 is 0 Å². The van der Waals surface area contributed by atoms with Crippen LogP contribution in [0.4, 0.5) is 0 Å². The van der Waals surface area contributed by atoms with E-state index in [9.17, 15) is 9.59 Å². The van der Waals surface area contributed by atoms with Gasteiger partial charge in [0.25, 0.3) is 5.91 Å². The lowest BCUT2D eigenvalue weighted by atomic mass is 10.2. The van der Waals surface area contributed by atoms with Gasteiger partial charge in [-0.2, -0.15) is 0 Å². The van der Waals surface area contributed by atoms with Crippen molar-refractivity contribution in [1.82, 2.24) is 16.0 Å². The largest absolute Gasteiger partial charge is 0.369 e. The highest BCUT2D eigenvalue weighted by atomic mass is 33.1. The predicted octanol–water partition coefficient (Wildman–Crippen LogP) is 2.92. The van der Waals surface area contributed by atoms with Crippen molar-refractivity contribution in [2.75, 3.05) is 46.5 Å². The standard InChI is InChI=1S/C23H35N3O4S2/c1-5-6-7-12-25-21(27)17-29-15-16-30-23(18(2)3)32-31-20-10-8-19(9-11-20)22(28)26-14-13-24-4/h8-11,18,23-24H,5,12-17H2,1-4H3,(H,25,27)(H,26,28). The summed E-state index contributed by atoms with van der Waals surface area (Å²) < 4.78 is 11.3. The molecule has 0 aromatic heterocycles. The summed E-state index contributed by atoms with van der Waals surface area (Å²) in [4.78, 5) is 24.7. The average molecular weight is 482 g/mol. The Morgan fingerprint density at radius 2 is 1.81 bits per heavy atom. The molecule has 7 nitrogen and oxygen atoms in total. The number of benzene rings is 1. The van der Waals surface area contributed by atoms with E-state index in [1.54, 1.807) is 21.6 Å². The van der Waals surface area contributed by atoms with Crippen LogP contribution in [-0.2, 0) is 14.3 Å². The predicted molar refractivity (Wildman–Crippen MR) is 133 cm³/mol. The first-order valence-electron chi connectivity index (χ1n) is 10.8. The molecule has 0 spiro atoms. The van der Waals surface area contributed by atoms with Gasteiger partial charge in [-0.1, -0.05) is 48.3 Å². The summed E-state index contributed by atoms with van der Waals surface area (Å²) in [5, 5.41) is 8.54. The maximum atomic E-state index is 12.1. The van der Waals surface area contributed by atoms with Gasteiger partial charge in [0.05, 0.1) is 19.8 Å². The Kier molecular flexibility index (Phi) is 15.8. The molecule has 1 aromatic rings. The van der Waals surface area contributed by atoms with E-state index in [2.05, 4.69) is 41.6 Å². The number of likely N-dealkylation sites (N-methyl/N-ethyl adjacent to an activating group) is 1. The van der Waals surface area contributed by atoms with Crippen molar-refractivity contribution in [3.63, 3.8) is 0 Å². The van der Waals surface area contributed by atoms with Crippen molar-refractivity contribution >= 4 is 33.4 Å². The van der Waals surface area contributed by atoms with Crippen molar-refractivity contribution in [2.24, 2.45) is 5.92 Å². The molecule has 0 radical (unpaired) electrons. The summed E-state index contributed by atoms with van der Waals surface area (Å²) in [5.74, 6) is 5.80. The topological polar surface area (TPSA) is 88.7 Å². The zero-order valence-corrected chi connectivity index (χ0v) is 21.0. The summed E-state index contributed by atoms with van der Waals surface area (Å²) in [6, 6.07) is 7.54. The molecule has 1 aromatic carbocycles. The lowest BCUT2D eigenvalue weighted by Crippen LogP contribution is -2.30. The summed E-state index contributed by atoms with van der Waals surface area (Å²) in [7, 11) is 5.09. The van der Waals surface area contributed by atoms with Gasteiger partial charge in [0, 0.05) is 30.0 Å². The third-order valence-corrected chi connectivity index (χ3v) is 6.85. The molecule has 0 aliphatic heterocycles. The van der Waals surface area contributed by atoms with Gasteiger partial charge < -0.3 is 25.4 Å². The van der Waals surface area contributed by atoms with Gasteiger partial charge >= 0.3 is 0 Å². The van der Waals surface area contributed by atoms with E-state index >= 15 is 0 Å². The molecule has 0 fully saturated rings. The number of hydrogen-bond donors (Lipinski definition) is 3. The molecular formula is C23H35N3O4S2. The molecule has 1 rings (SSSR count). The molecule has 0 aliphatic rings. The van der Waals surface area contributed by atoms with E-state index in [-0.39, 0.29) is 23.9 Å². The second kappa shape index (κ2) is 17.8. The van der Waals surface area contributed by atoms with Crippen LogP contribution in [-0.4, -0.2) is 63.8 Å². The Labute approximate surface area is 199 Å². The number of carbonyl (C=O) groups excluding carboxylic acids is 2. The average Bonchev–Trinajstić information content (AvgIpc) is 2.78. The van der Waals surface area contributed by atoms with E-state index in [1.165, 1.54) is 0 Å². The Morgan fingerprint density at radius 3 is 2.47 bits per heavy atom. The molecule has 1 atom stereocenters. The number of nitrogens with one attached hydrogen (secondary N) is 3. The molecule has 9 heteroatoms.